The van der Waals surface area contributed by atoms with Crippen molar-refractivity contribution in [3.8, 4) is 0 Å². The molecule has 0 aliphatic carbocycles. The summed E-state index contributed by atoms with van der Waals surface area (Å²) in [7, 11) is 1.12. The van der Waals surface area contributed by atoms with Crippen LogP contribution in [-0.2, 0) is 32.7 Å². The first-order chi connectivity index (χ1) is 40.5. The van der Waals surface area contributed by atoms with E-state index in [0.717, 1.165) is 135 Å². The van der Waals surface area contributed by atoms with E-state index >= 15 is 0 Å². The molecule has 0 spiro atoms. The van der Waals surface area contributed by atoms with Crippen LogP contribution in [0.4, 0.5) is 0 Å². The molecule has 2 unspecified atom stereocenters. The van der Waals surface area contributed by atoms with Gasteiger partial charge in [0, 0.05) is 12.8 Å². The van der Waals surface area contributed by atoms with Crippen LogP contribution in [0.25, 0.3) is 0 Å². The SMILES string of the molecule is CC/C=C\C/C=C\C/C=C\C/C=C\C/C=C\C/C=C\C/C=C\C/C=C\C/C=C\C/C=C\C/C=C\C/C=C\CCCCCCC(=O)OC(COC(=O)CCCCCCCCC/C=C\C/C=C\CCCCCC)COP(=O)([O-])OCC[N+](C)(C)C. The number of hydrogen-bond donors (Lipinski definition) is 0. The van der Waals surface area contributed by atoms with Gasteiger partial charge in [-0.2, -0.15) is 0 Å². The molecule has 0 N–H and O–H groups in total. The highest BCUT2D eigenvalue weighted by Crippen LogP contribution is 2.38. The van der Waals surface area contributed by atoms with Gasteiger partial charge in [-0.15, -0.1) is 0 Å². The number of carbonyl (C=O) groups excluding carboxylic acids is 2. The number of hydrogen-bond acceptors (Lipinski definition) is 8. The summed E-state index contributed by atoms with van der Waals surface area (Å²) in [5.41, 5.74) is 0. The van der Waals surface area contributed by atoms with E-state index in [2.05, 4.69) is 184 Å². The summed E-state index contributed by atoms with van der Waals surface area (Å²) in [4.78, 5) is 37.9. The zero-order valence-corrected chi connectivity index (χ0v) is 54.0. The Bertz CT molecular complexity index is 2000. The number of esters is 2. The summed E-state index contributed by atoms with van der Waals surface area (Å²) in [5, 5.41) is 0. The lowest BCUT2D eigenvalue weighted by atomic mass is 10.1. The summed E-state index contributed by atoms with van der Waals surface area (Å²) >= 11 is 0. The van der Waals surface area contributed by atoms with E-state index in [-0.39, 0.29) is 26.1 Å². The predicted molar refractivity (Wildman–Crippen MR) is 355 cm³/mol. The number of phosphoric ester groups is 1. The molecule has 0 saturated heterocycles. The number of carbonyl (C=O) groups is 2. The molecule has 9 nitrogen and oxygen atoms in total. The summed E-state index contributed by atoms with van der Waals surface area (Å²) < 4.78 is 34.1. The van der Waals surface area contributed by atoms with Crippen molar-refractivity contribution < 1.29 is 42.1 Å². The fraction of sp³-hybridized carbons (Fsp3) is 0.589. The third-order valence-electron chi connectivity index (χ3n) is 13.0. The van der Waals surface area contributed by atoms with Gasteiger partial charge in [0.2, 0.25) is 0 Å². The topological polar surface area (TPSA) is 111 Å². The fourth-order valence-corrected chi connectivity index (χ4v) is 8.75. The van der Waals surface area contributed by atoms with Gasteiger partial charge < -0.3 is 27.9 Å². The van der Waals surface area contributed by atoms with Crippen molar-refractivity contribution in [2.24, 2.45) is 0 Å². The van der Waals surface area contributed by atoms with Crippen molar-refractivity contribution in [1.82, 2.24) is 0 Å². The Morgan fingerprint density at radius 2 is 0.687 bits per heavy atom. The minimum absolute atomic E-state index is 0.0466. The highest BCUT2D eigenvalue weighted by molar-refractivity contribution is 7.45. The van der Waals surface area contributed by atoms with Crippen LogP contribution in [0.15, 0.2) is 170 Å². The number of nitrogens with zero attached hydrogens (tertiary/aromatic N) is 1. The summed E-state index contributed by atoms with van der Waals surface area (Å²) in [6.45, 7) is 4.05. The Balaban J connectivity index is 4.21. The molecule has 0 aromatic rings. The zero-order chi connectivity index (χ0) is 60.5. The van der Waals surface area contributed by atoms with Crippen LogP contribution in [0, 0.1) is 0 Å². The molecule has 0 saturated carbocycles. The Hall–Kier alpha value is -4.63. The maximum absolute atomic E-state index is 12.8. The first-order valence-electron chi connectivity index (χ1n) is 32.3. The molecular formula is C73H118NO8P. The normalized spacial score (nSPS) is 14.3. The number of ether oxygens (including phenoxy) is 2. The van der Waals surface area contributed by atoms with E-state index in [1.54, 1.807) is 0 Å². The molecule has 0 rings (SSSR count). The van der Waals surface area contributed by atoms with Crippen LogP contribution in [0.3, 0.4) is 0 Å². The minimum atomic E-state index is -4.66. The highest BCUT2D eigenvalue weighted by Gasteiger charge is 2.22. The monoisotopic (exact) mass is 1170 g/mol. The van der Waals surface area contributed by atoms with Gasteiger partial charge in [0.25, 0.3) is 7.82 Å². The van der Waals surface area contributed by atoms with E-state index in [4.69, 9.17) is 18.5 Å². The van der Waals surface area contributed by atoms with Crippen LogP contribution < -0.4 is 4.89 Å². The summed E-state index contributed by atoms with van der Waals surface area (Å²) in [6.07, 6.45) is 94.1. The predicted octanol–water partition coefficient (Wildman–Crippen LogP) is 20.3. The molecule has 0 aromatic heterocycles. The molecule has 468 valence electrons. The van der Waals surface area contributed by atoms with Crippen molar-refractivity contribution in [3.63, 3.8) is 0 Å². The second kappa shape index (κ2) is 61.9. The fourth-order valence-electron chi connectivity index (χ4n) is 8.02. The van der Waals surface area contributed by atoms with Gasteiger partial charge in [0.15, 0.2) is 6.10 Å². The average Bonchev–Trinajstić information content (AvgIpc) is 3.48. The van der Waals surface area contributed by atoms with E-state index in [1.165, 1.54) is 51.4 Å². The van der Waals surface area contributed by atoms with Crippen molar-refractivity contribution in [1.29, 1.82) is 0 Å². The van der Waals surface area contributed by atoms with Crippen LogP contribution in [0.5, 0.6) is 0 Å². The van der Waals surface area contributed by atoms with Crippen molar-refractivity contribution in [2.45, 2.75) is 232 Å². The smallest absolute Gasteiger partial charge is 0.306 e. The Morgan fingerprint density at radius 1 is 0.386 bits per heavy atom. The maximum Gasteiger partial charge on any atom is 0.306 e. The van der Waals surface area contributed by atoms with Crippen molar-refractivity contribution in [3.05, 3.63) is 170 Å². The third-order valence-corrected chi connectivity index (χ3v) is 13.9. The molecule has 2 atom stereocenters. The standard InChI is InChI=1S/C73H118NO8P/c1-6-8-10-12-14-16-18-20-22-24-26-27-28-29-30-31-32-33-34-35-36-37-38-39-40-41-42-43-44-45-46-47-48-50-52-54-56-58-60-62-64-66-73(76)82-71(70-81-83(77,78)80-68-67-74(3,4)5)69-79-72(75)65-63-61-59-57-55-53-51-49-25-23-21-19-17-15-13-11-9-7-2/h8,10,14,16-17,19-20,22-23,25-27,29-30,32-33,35-36,38-39,41-42,44-45,47-48,52,54,71H,6-7,9,11-13,15,18,21,24,28,31,34,37,40,43,46,49-51,53,55-70H2,1-5H3/b10-8-,16-14-,19-17-,22-20-,25-23-,27-26-,30-29-,33-32-,36-35-,39-38-,42-41-,45-44-,48-47-,54-52-. The van der Waals surface area contributed by atoms with Gasteiger partial charge >= 0.3 is 11.9 Å². The van der Waals surface area contributed by atoms with Crippen LogP contribution in [0.2, 0.25) is 0 Å². The van der Waals surface area contributed by atoms with Crippen molar-refractivity contribution >= 4 is 19.8 Å². The van der Waals surface area contributed by atoms with Gasteiger partial charge in [-0.25, -0.2) is 0 Å². The molecule has 0 amide bonds. The van der Waals surface area contributed by atoms with Crippen LogP contribution >= 0.6 is 7.82 Å². The first-order valence-corrected chi connectivity index (χ1v) is 33.8. The molecule has 0 aromatic carbocycles. The summed E-state index contributed by atoms with van der Waals surface area (Å²) in [5.74, 6) is -0.884. The molecule has 0 radical (unpaired) electrons. The molecule has 0 heterocycles. The Kier molecular flexibility index (Phi) is 58.5. The molecular weight excluding hydrogens is 1050 g/mol. The Labute approximate surface area is 508 Å². The van der Waals surface area contributed by atoms with E-state index in [0.29, 0.717) is 23.9 Å². The summed E-state index contributed by atoms with van der Waals surface area (Å²) in [6, 6.07) is 0. The first kappa shape index (κ1) is 78.4. The lowest BCUT2D eigenvalue weighted by Crippen LogP contribution is -2.37. The molecule has 0 bridgehead atoms. The number of allylic oxidation sites excluding steroid dienone is 28. The van der Waals surface area contributed by atoms with Gasteiger partial charge in [0.1, 0.15) is 19.8 Å². The molecule has 0 aliphatic rings. The highest BCUT2D eigenvalue weighted by atomic mass is 31.2. The number of likely N-dealkylation sites (N-methyl/N-ethyl adjacent to an activating group) is 1. The van der Waals surface area contributed by atoms with Crippen LogP contribution in [0.1, 0.15) is 226 Å². The van der Waals surface area contributed by atoms with E-state index < -0.39 is 32.5 Å². The molecule has 0 aliphatic heterocycles. The number of rotatable bonds is 57. The second-order valence-corrected chi connectivity index (χ2v) is 23.4. The number of unbranched alkanes of at least 4 members (excludes halogenated alkanes) is 15. The van der Waals surface area contributed by atoms with Crippen LogP contribution in [-0.4, -0.2) is 70.0 Å². The molecule has 83 heavy (non-hydrogen) atoms. The lowest BCUT2D eigenvalue weighted by Gasteiger charge is -2.28. The maximum atomic E-state index is 12.8. The zero-order valence-electron chi connectivity index (χ0n) is 53.1. The average molecular weight is 1170 g/mol. The van der Waals surface area contributed by atoms with Gasteiger partial charge in [-0.3, -0.25) is 14.2 Å². The Morgan fingerprint density at radius 3 is 1.02 bits per heavy atom. The molecule has 10 heteroatoms. The van der Waals surface area contributed by atoms with E-state index in [9.17, 15) is 19.0 Å². The van der Waals surface area contributed by atoms with Gasteiger partial charge in [-0.1, -0.05) is 248 Å². The second-order valence-electron chi connectivity index (χ2n) is 22.0. The lowest BCUT2D eigenvalue weighted by molar-refractivity contribution is -0.870. The van der Waals surface area contributed by atoms with Gasteiger partial charge in [0.05, 0.1) is 27.7 Å². The minimum Gasteiger partial charge on any atom is -0.756 e. The van der Waals surface area contributed by atoms with Crippen molar-refractivity contribution in [2.75, 3.05) is 47.5 Å². The third kappa shape index (κ3) is 66.4. The van der Waals surface area contributed by atoms with E-state index in [1.807, 2.05) is 21.1 Å². The number of quaternary nitrogens is 1. The number of phosphoric acid groups is 1. The largest absolute Gasteiger partial charge is 0.756 e. The quantitative estimate of drug-likeness (QED) is 0.0195. The van der Waals surface area contributed by atoms with Gasteiger partial charge in [-0.05, 0) is 135 Å². The molecule has 0 fully saturated rings.